The number of primary amides is 2. The maximum Gasteiger partial charge on any atom is 0.305 e. The number of unbranched alkanes of at least 4 members (excludes halogenated alkanes) is 2. The molecule has 0 aliphatic carbocycles. The van der Waals surface area contributed by atoms with Gasteiger partial charge in [0.15, 0.2) is 0 Å². The highest BCUT2D eigenvalue weighted by atomic mass is 33.1. The van der Waals surface area contributed by atoms with Crippen molar-refractivity contribution in [1.82, 2.24) is 83.6 Å². The summed E-state index contributed by atoms with van der Waals surface area (Å²) >= 11 is 8.83. The number of carboxylic acid groups (broad SMARTS) is 2. The predicted octanol–water partition coefficient (Wildman–Crippen LogP) is -2.71. The predicted molar refractivity (Wildman–Crippen MR) is 459 cm³/mol. The number of fused-ring (bicyclic) bond motifs is 2. The number of hydrogen-bond donors (Lipinski definition) is 22. The Morgan fingerprint density at radius 2 is 0.820 bits per heavy atom. The number of hydrogen-bond acceptors (Lipinski definition) is 24. The van der Waals surface area contributed by atoms with Gasteiger partial charge in [0.1, 0.15) is 72.5 Å². The summed E-state index contributed by atoms with van der Waals surface area (Å²) in [4.78, 5) is 251. The number of thiol groups is 2. The first-order chi connectivity index (χ1) is 57.6. The normalized spacial score (nSPS) is 16.4. The fraction of sp³-hybridized carbons (Fsp3) is 0.564. The van der Waals surface area contributed by atoms with Crippen LogP contribution < -0.4 is 86.7 Å². The fourth-order valence-corrected chi connectivity index (χ4v) is 16.1. The molecule has 670 valence electrons. The molecule has 2 aliphatic heterocycles. The first-order valence-electron chi connectivity index (χ1n) is 40.0. The molecule has 2 aromatic heterocycles. The number of nitrogens with two attached hydrogens (primary N) is 4. The number of para-hydroxylation sites is 2. The van der Waals surface area contributed by atoms with Crippen LogP contribution in [0.5, 0.6) is 0 Å². The highest BCUT2D eigenvalue weighted by molar-refractivity contribution is 8.76. The average Bonchev–Trinajstić information content (AvgIpc) is 1.63. The van der Waals surface area contributed by atoms with Crippen molar-refractivity contribution in [2.24, 2.45) is 22.9 Å². The summed E-state index contributed by atoms with van der Waals surface area (Å²) in [5, 5.41) is 51.3. The lowest BCUT2D eigenvalue weighted by Crippen LogP contribution is -2.60. The molecule has 4 heterocycles. The largest absolute Gasteiger partial charge is 0.481 e. The van der Waals surface area contributed by atoms with Gasteiger partial charge >= 0.3 is 11.9 Å². The molecule has 2 aliphatic rings. The van der Waals surface area contributed by atoms with Gasteiger partial charge in [0, 0.05) is 94.0 Å². The number of amides is 16. The summed E-state index contributed by atoms with van der Waals surface area (Å²) in [7, 11) is 2.45. The maximum atomic E-state index is 14.6. The van der Waals surface area contributed by atoms with E-state index in [-0.39, 0.29) is 89.1 Å². The molecule has 122 heavy (non-hydrogen) atoms. The molecule has 0 spiro atoms. The number of carboxylic acids is 2. The van der Waals surface area contributed by atoms with Crippen LogP contribution in [-0.4, -0.2) is 269 Å². The van der Waals surface area contributed by atoms with Gasteiger partial charge in [-0.1, -0.05) is 58.0 Å². The lowest BCUT2D eigenvalue weighted by atomic mass is 10.0. The molecule has 4 aromatic rings. The second-order valence-corrected chi connectivity index (χ2v) is 35.9. The van der Waals surface area contributed by atoms with Crippen LogP contribution in [0.2, 0.25) is 0 Å². The van der Waals surface area contributed by atoms with Crippen molar-refractivity contribution < 1.29 is 96.5 Å². The Kier molecular flexibility index (Phi) is 39.6. The number of rotatable bonds is 51. The van der Waals surface area contributed by atoms with Gasteiger partial charge in [0.05, 0.1) is 25.9 Å². The Balaban J connectivity index is 0.952. The zero-order chi connectivity index (χ0) is 90.3. The van der Waals surface area contributed by atoms with Crippen LogP contribution in [0.15, 0.2) is 60.9 Å². The van der Waals surface area contributed by atoms with Gasteiger partial charge in [-0.25, -0.2) is 0 Å². The number of carbonyl (C=O) groups is 18. The molecule has 16 amide bonds. The van der Waals surface area contributed by atoms with Gasteiger partial charge < -0.3 is 117 Å². The Labute approximate surface area is 723 Å². The topological polar surface area (TPSA) is 634 Å². The third-order valence-electron chi connectivity index (χ3n) is 20.2. The van der Waals surface area contributed by atoms with Crippen molar-refractivity contribution in [3.05, 3.63) is 72.1 Å². The summed E-state index contributed by atoms with van der Waals surface area (Å²) in [6.07, 6.45) is 3.40. The summed E-state index contributed by atoms with van der Waals surface area (Å²) in [5.74, 6) is -15.9. The molecule has 0 radical (unpaired) electrons. The molecule has 40 nitrogen and oxygen atoms in total. The minimum atomic E-state index is -1.82. The fourth-order valence-electron chi connectivity index (χ4n) is 13.8. The van der Waals surface area contributed by atoms with Crippen LogP contribution in [0, 0.1) is 0 Å². The SMILES string of the molecule is C[C@H](NC(=O)CCSSCCC(=O)N[C@@H](C)C(=O)N[C@@H](CCCCN)C(=O)NCC(=O)N[C@@H](CC(=O)O)C(=O)N[C@@H](Cc1c[nH]c2ccccc12)C(=O)N1CCC[C@H]1C(=O)N[C@H](C(N)=O)C(C)(C)S)C(=O)N[C@@H](CCCCN)C(=O)NCC(=O)N[C@@H](CC(=O)O)C(=O)N[C@@H](Cc1c[nH]c2ccccc12)C(=O)N1CCC[C@H]1C(=O)N[C@H](C(N)=O)C(C)(C)S. The second-order valence-electron chi connectivity index (χ2n) is 30.9. The molecule has 12 atom stereocenters. The van der Waals surface area contributed by atoms with Gasteiger partial charge in [0.2, 0.25) is 94.5 Å². The van der Waals surface area contributed by atoms with E-state index < -0.39 is 214 Å². The smallest absolute Gasteiger partial charge is 0.305 e. The molecule has 6 rings (SSSR count). The van der Waals surface area contributed by atoms with E-state index in [2.05, 4.69) is 99.0 Å². The summed E-state index contributed by atoms with van der Waals surface area (Å²) in [5.41, 5.74) is 25.1. The molecule has 2 fully saturated rings. The minimum absolute atomic E-state index is 0.0235. The van der Waals surface area contributed by atoms with Gasteiger partial charge in [-0.05, 0) is 142 Å². The Morgan fingerprint density at radius 1 is 0.467 bits per heavy atom. The summed E-state index contributed by atoms with van der Waals surface area (Å²) < 4.78 is -2.19. The van der Waals surface area contributed by atoms with Crippen LogP contribution in [0.3, 0.4) is 0 Å². The number of benzene rings is 2. The minimum Gasteiger partial charge on any atom is -0.481 e. The zero-order valence-electron chi connectivity index (χ0n) is 68.8. The number of carbonyl (C=O) groups excluding carboxylic acids is 16. The van der Waals surface area contributed by atoms with Gasteiger partial charge in [-0.15, -0.1) is 0 Å². The van der Waals surface area contributed by atoms with Crippen LogP contribution in [0.1, 0.15) is 143 Å². The number of aromatic amines is 2. The quantitative estimate of drug-likeness (QED) is 0.0121. The number of aromatic nitrogens is 2. The molecule has 0 bridgehead atoms. The van der Waals surface area contributed by atoms with Crippen LogP contribution in [0.25, 0.3) is 21.8 Å². The van der Waals surface area contributed by atoms with E-state index in [9.17, 15) is 96.5 Å². The third kappa shape index (κ3) is 31.3. The molecular weight excluding hydrogens is 1670 g/mol. The van der Waals surface area contributed by atoms with E-state index in [1.165, 1.54) is 45.2 Å². The number of likely N-dealkylation sites (tertiary alicyclic amines) is 2. The molecule has 44 heteroatoms. The number of aliphatic carboxylic acids is 2. The van der Waals surface area contributed by atoms with Crippen molar-refractivity contribution in [2.45, 2.75) is 226 Å². The van der Waals surface area contributed by atoms with Crippen molar-refractivity contribution in [3.63, 3.8) is 0 Å². The molecule has 2 saturated heterocycles. The van der Waals surface area contributed by atoms with Crippen molar-refractivity contribution in [1.29, 1.82) is 0 Å². The zero-order valence-corrected chi connectivity index (χ0v) is 72.3. The van der Waals surface area contributed by atoms with E-state index >= 15 is 0 Å². The van der Waals surface area contributed by atoms with E-state index in [4.69, 9.17) is 22.9 Å². The van der Waals surface area contributed by atoms with E-state index in [0.717, 1.165) is 0 Å². The number of nitrogens with zero attached hydrogens (tertiary/aromatic N) is 2. The first kappa shape index (κ1) is 100. The Hall–Kier alpha value is -10.7. The van der Waals surface area contributed by atoms with Gasteiger partial charge in [0.25, 0.3) is 0 Å². The lowest BCUT2D eigenvalue weighted by molar-refractivity contribution is -0.144. The van der Waals surface area contributed by atoms with Crippen LogP contribution in [0.4, 0.5) is 0 Å². The Bertz CT molecular complexity index is 4150. The van der Waals surface area contributed by atoms with Gasteiger partial charge in [-0.2, -0.15) is 25.3 Å². The highest BCUT2D eigenvalue weighted by Crippen LogP contribution is 2.28. The summed E-state index contributed by atoms with van der Waals surface area (Å²) in [6, 6.07) is -1.96. The summed E-state index contributed by atoms with van der Waals surface area (Å²) in [6.45, 7) is 7.96. The van der Waals surface area contributed by atoms with E-state index in [0.29, 0.717) is 71.5 Å². The number of nitrogens with one attached hydrogen (secondary N) is 14. The molecule has 24 N–H and O–H groups in total. The monoisotopic (exact) mass is 1780 g/mol. The highest BCUT2D eigenvalue weighted by Gasteiger charge is 2.45. The lowest BCUT2D eigenvalue weighted by Gasteiger charge is -2.32. The molecular formula is C78H114N20O20S4. The second kappa shape index (κ2) is 48.2. The third-order valence-corrected chi connectivity index (χ3v) is 23.1. The molecule has 0 unspecified atom stereocenters. The van der Waals surface area contributed by atoms with E-state index in [1.807, 2.05) is 0 Å². The van der Waals surface area contributed by atoms with E-state index in [1.54, 1.807) is 88.6 Å². The molecule has 2 aromatic carbocycles. The van der Waals surface area contributed by atoms with Crippen molar-refractivity contribution in [2.75, 3.05) is 50.8 Å². The molecule has 0 saturated carbocycles. The average molecular weight is 1780 g/mol. The first-order valence-corrected chi connectivity index (χ1v) is 43.4. The van der Waals surface area contributed by atoms with Crippen molar-refractivity contribution >= 4 is 175 Å². The van der Waals surface area contributed by atoms with Crippen LogP contribution in [-0.2, 0) is 99.1 Å². The van der Waals surface area contributed by atoms with Gasteiger partial charge in [-0.3, -0.25) is 86.3 Å². The number of H-pyrrole nitrogens is 2. The van der Waals surface area contributed by atoms with Crippen molar-refractivity contribution in [3.8, 4) is 0 Å². The maximum absolute atomic E-state index is 14.6. The Morgan fingerprint density at radius 3 is 1.16 bits per heavy atom. The van der Waals surface area contributed by atoms with Crippen LogP contribution >= 0.6 is 46.8 Å². The standard InChI is InChI=1S/C78H114N20O20S4/c1-41(67(109)91-49(21-11-13-27-79)69(111)85-39-59(101)89-51(35-61(103)104)71(113)93-53(33-43-37-83-47-19-9-7-17-45(43)47)75(117)97-29-15-23-55(97)73(115)95-63(65(81)107)77(3,4)119)87-57(99)25-31-121-122-32-26-58(100)88-42(2)68(110)92-50(22-12-14-28-80)70(112)86-40-60(102)90-52(36-62(105)106)72(114)94-54(34-44-38-84-48-20-10-8-18-46(44)48)76(118)98-30-16-24-56(98)74(116)96-64(66(82)108)78(5,6)120/h7-10,17-20,37-38,41-42,49-56,63-64,83-84,119-120H,11-16,21-36,39-40,79-80H2,1-6H3,(H2,81,107)(H2,82,108)(H,85,111)(H,86,112)(H,87,99)(H,88,100)(H,89,101)(H,90,102)(H,91,109)(H,92,110)(H,93,113)(H,94,114)(H,95,115)(H,96,116)(H,103,104)(H,105,106)/t41-,42-,49-,50-,51-,52-,53-,54-,55-,56-,63+,64+/m0/s1.